The van der Waals surface area contributed by atoms with Gasteiger partial charge in [0.25, 0.3) is 0 Å². The van der Waals surface area contributed by atoms with Gasteiger partial charge in [0.15, 0.2) is 5.76 Å². The zero-order chi connectivity index (χ0) is 19.7. The topological polar surface area (TPSA) is 79.9 Å². The van der Waals surface area contributed by atoms with E-state index in [0.29, 0.717) is 18.1 Å². The van der Waals surface area contributed by atoms with E-state index in [4.69, 9.17) is 4.42 Å². The summed E-state index contributed by atoms with van der Waals surface area (Å²) in [6.45, 7) is 6.88. The van der Waals surface area contributed by atoms with Crippen LogP contribution in [0.15, 0.2) is 59.3 Å². The van der Waals surface area contributed by atoms with Crippen LogP contribution in [0.2, 0.25) is 0 Å². The van der Waals surface area contributed by atoms with E-state index in [-0.39, 0.29) is 12.0 Å². The fraction of sp³-hybridized carbons (Fsp3) is 0.273. The third kappa shape index (κ3) is 3.51. The van der Waals surface area contributed by atoms with Crippen molar-refractivity contribution in [1.82, 2.24) is 19.7 Å². The van der Waals surface area contributed by atoms with Crippen molar-refractivity contribution in [2.75, 3.05) is 0 Å². The molecule has 4 rings (SSSR count). The van der Waals surface area contributed by atoms with E-state index >= 15 is 0 Å². The summed E-state index contributed by atoms with van der Waals surface area (Å²) in [6.07, 6.45) is 1.82. The summed E-state index contributed by atoms with van der Waals surface area (Å²) in [4.78, 5) is 4.66. The van der Waals surface area contributed by atoms with Crippen LogP contribution in [0.5, 0.6) is 0 Å². The summed E-state index contributed by atoms with van der Waals surface area (Å²) in [5, 5.41) is 17.0. The molecule has 2 N–H and O–H groups in total. The molecule has 144 valence electrons. The van der Waals surface area contributed by atoms with Crippen LogP contribution < -0.4 is 0 Å². The molecule has 6 nitrogen and oxygen atoms in total. The first kappa shape index (κ1) is 18.3. The number of hydrogen-bond acceptors (Lipinski definition) is 4. The van der Waals surface area contributed by atoms with Gasteiger partial charge in [-0.2, -0.15) is 5.10 Å². The van der Waals surface area contributed by atoms with Crippen LogP contribution in [-0.4, -0.2) is 24.9 Å². The standard InChI is InChI=1S/C22H24N4O2/c1-22(2,3)19-11-16(24-25-19)12-26-14-23-20(15-7-5-4-6-8-15)21(26)18-10-9-17(13-27)28-18/h4-11,14,27H,12-13H2,1-3H3,(H,24,25). The molecule has 0 saturated heterocycles. The molecule has 0 radical (unpaired) electrons. The van der Waals surface area contributed by atoms with Gasteiger partial charge in [-0.1, -0.05) is 51.1 Å². The molecular formula is C22H24N4O2. The van der Waals surface area contributed by atoms with Crippen LogP contribution in [0.25, 0.3) is 22.7 Å². The monoisotopic (exact) mass is 376 g/mol. The smallest absolute Gasteiger partial charge is 0.153 e. The molecule has 0 saturated carbocycles. The van der Waals surface area contributed by atoms with Gasteiger partial charge in [0, 0.05) is 11.0 Å². The first-order chi connectivity index (χ1) is 13.5. The van der Waals surface area contributed by atoms with Crippen molar-refractivity contribution in [1.29, 1.82) is 0 Å². The van der Waals surface area contributed by atoms with Gasteiger partial charge in [-0.15, -0.1) is 0 Å². The Hall–Kier alpha value is -3.12. The van der Waals surface area contributed by atoms with Gasteiger partial charge in [0.2, 0.25) is 0 Å². The number of aromatic amines is 1. The maximum absolute atomic E-state index is 9.39. The summed E-state index contributed by atoms with van der Waals surface area (Å²) in [5.41, 5.74) is 4.73. The lowest BCUT2D eigenvalue weighted by molar-refractivity contribution is 0.248. The van der Waals surface area contributed by atoms with Crippen LogP contribution in [0, 0.1) is 0 Å². The van der Waals surface area contributed by atoms with Crippen molar-refractivity contribution in [3.63, 3.8) is 0 Å². The summed E-state index contributed by atoms with van der Waals surface area (Å²) >= 11 is 0. The van der Waals surface area contributed by atoms with Crippen molar-refractivity contribution in [2.24, 2.45) is 0 Å². The number of aromatic nitrogens is 4. The van der Waals surface area contributed by atoms with E-state index in [1.54, 1.807) is 6.07 Å². The number of H-pyrrole nitrogens is 1. The van der Waals surface area contributed by atoms with Crippen LogP contribution in [0.4, 0.5) is 0 Å². The Morgan fingerprint density at radius 3 is 2.54 bits per heavy atom. The Labute approximate surface area is 163 Å². The van der Waals surface area contributed by atoms with E-state index < -0.39 is 0 Å². The van der Waals surface area contributed by atoms with E-state index in [0.717, 1.165) is 28.3 Å². The minimum absolute atomic E-state index is 0.0151. The lowest BCUT2D eigenvalue weighted by Crippen LogP contribution is -2.11. The third-order valence-electron chi connectivity index (χ3n) is 4.68. The van der Waals surface area contributed by atoms with Gasteiger partial charge in [0.05, 0.1) is 30.0 Å². The van der Waals surface area contributed by atoms with E-state index in [1.165, 1.54) is 0 Å². The number of aliphatic hydroxyl groups excluding tert-OH is 1. The zero-order valence-electron chi connectivity index (χ0n) is 16.3. The molecule has 0 bridgehead atoms. The van der Waals surface area contributed by atoms with Gasteiger partial charge in [0.1, 0.15) is 18.1 Å². The number of aliphatic hydroxyl groups is 1. The Bertz CT molecular complexity index is 1070. The minimum atomic E-state index is -0.135. The molecule has 0 atom stereocenters. The number of benzene rings is 1. The van der Waals surface area contributed by atoms with Gasteiger partial charge >= 0.3 is 0 Å². The normalized spacial score (nSPS) is 11.9. The van der Waals surface area contributed by atoms with E-state index in [9.17, 15) is 5.11 Å². The highest BCUT2D eigenvalue weighted by Crippen LogP contribution is 2.33. The summed E-state index contributed by atoms with van der Waals surface area (Å²) in [5.74, 6) is 1.20. The van der Waals surface area contributed by atoms with Crippen LogP contribution in [0.1, 0.15) is 37.9 Å². The van der Waals surface area contributed by atoms with Crippen molar-refractivity contribution >= 4 is 0 Å². The van der Waals surface area contributed by atoms with Crippen molar-refractivity contribution < 1.29 is 9.52 Å². The first-order valence-electron chi connectivity index (χ1n) is 9.31. The van der Waals surface area contributed by atoms with Gasteiger partial charge in [-0.05, 0) is 18.2 Å². The summed E-state index contributed by atoms with van der Waals surface area (Å²) < 4.78 is 7.88. The Kier molecular flexibility index (Phi) is 4.65. The largest absolute Gasteiger partial charge is 0.457 e. The predicted molar refractivity (Wildman–Crippen MR) is 108 cm³/mol. The Morgan fingerprint density at radius 1 is 1.11 bits per heavy atom. The molecule has 0 amide bonds. The zero-order valence-corrected chi connectivity index (χ0v) is 16.3. The average molecular weight is 376 g/mol. The number of imidazole rings is 1. The number of hydrogen-bond donors (Lipinski definition) is 2. The van der Waals surface area contributed by atoms with E-state index in [2.05, 4.69) is 42.0 Å². The van der Waals surface area contributed by atoms with Crippen molar-refractivity contribution in [3.05, 3.63) is 72.0 Å². The molecule has 0 unspecified atom stereocenters. The van der Waals surface area contributed by atoms with Crippen LogP contribution in [-0.2, 0) is 18.6 Å². The number of rotatable bonds is 5. The highest BCUT2D eigenvalue weighted by Gasteiger charge is 2.21. The molecule has 3 heterocycles. The molecular weight excluding hydrogens is 352 g/mol. The molecule has 1 aromatic carbocycles. The predicted octanol–water partition coefficient (Wildman–Crippen LogP) is 4.37. The molecule has 4 aromatic rings. The fourth-order valence-electron chi connectivity index (χ4n) is 3.17. The highest BCUT2D eigenvalue weighted by atomic mass is 16.4. The van der Waals surface area contributed by atoms with Crippen molar-refractivity contribution in [2.45, 2.75) is 39.3 Å². The molecule has 0 aliphatic carbocycles. The molecule has 28 heavy (non-hydrogen) atoms. The highest BCUT2D eigenvalue weighted by molar-refractivity contribution is 5.76. The molecule has 0 aliphatic heterocycles. The average Bonchev–Trinajstić information content (AvgIpc) is 3.41. The molecule has 0 fully saturated rings. The Balaban J connectivity index is 1.77. The quantitative estimate of drug-likeness (QED) is 0.542. The Morgan fingerprint density at radius 2 is 1.89 bits per heavy atom. The second-order valence-corrected chi connectivity index (χ2v) is 7.89. The van der Waals surface area contributed by atoms with E-state index in [1.807, 2.05) is 47.3 Å². The van der Waals surface area contributed by atoms with Crippen LogP contribution >= 0.6 is 0 Å². The molecule has 3 aromatic heterocycles. The maximum atomic E-state index is 9.39. The van der Waals surface area contributed by atoms with Gasteiger partial charge in [-0.3, -0.25) is 5.10 Å². The number of furan rings is 1. The molecule has 0 aliphatic rings. The third-order valence-corrected chi connectivity index (χ3v) is 4.68. The minimum Gasteiger partial charge on any atom is -0.457 e. The second-order valence-electron chi connectivity index (χ2n) is 7.89. The van der Waals surface area contributed by atoms with Crippen LogP contribution in [0.3, 0.4) is 0 Å². The number of nitrogens with zero attached hydrogens (tertiary/aromatic N) is 3. The SMILES string of the molecule is CC(C)(C)c1cc(Cn2cnc(-c3ccccc3)c2-c2ccc(CO)o2)[nH]n1. The lowest BCUT2D eigenvalue weighted by atomic mass is 9.92. The molecule has 0 spiro atoms. The van der Waals surface area contributed by atoms with Gasteiger partial charge < -0.3 is 14.1 Å². The van der Waals surface area contributed by atoms with Crippen molar-refractivity contribution in [3.8, 4) is 22.7 Å². The summed E-state index contributed by atoms with van der Waals surface area (Å²) in [6, 6.07) is 15.8. The maximum Gasteiger partial charge on any atom is 0.153 e. The second kappa shape index (κ2) is 7.13. The lowest BCUT2D eigenvalue weighted by Gasteiger charge is -2.13. The number of nitrogens with one attached hydrogen (secondary N) is 1. The molecule has 6 heteroatoms. The fourth-order valence-corrected chi connectivity index (χ4v) is 3.17. The summed E-state index contributed by atoms with van der Waals surface area (Å²) in [7, 11) is 0. The van der Waals surface area contributed by atoms with Gasteiger partial charge in [-0.25, -0.2) is 4.98 Å². The first-order valence-corrected chi connectivity index (χ1v) is 9.31.